The highest BCUT2D eigenvalue weighted by Gasteiger charge is 2.26. The highest BCUT2D eigenvalue weighted by atomic mass is 15.2. The molecule has 2 heteroatoms. The van der Waals surface area contributed by atoms with E-state index in [9.17, 15) is 0 Å². The van der Waals surface area contributed by atoms with Crippen molar-refractivity contribution in [3.8, 4) is 11.8 Å². The molecular formula is C16H28N2. The van der Waals surface area contributed by atoms with Gasteiger partial charge in [0.2, 0.25) is 0 Å². The van der Waals surface area contributed by atoms with E-state index in [1.165, 1.54) is 58.0 Å². The average Bonchev–Trinajstić information content (AvgIpc) is 2.45. The molecule has 0 aromatic heterocycles. The number of hydrogen-bond donors (Lipinski definition) is 1. The molecule has 0 amide bonds. The fraction of sp³-hybridized carbons (Fsp3) is 0.875. The van der Waals surface area contributed by atoms with Gasteiger partial charge in [-0.3, -0.25) is 0 Å². The summed E-state index contributed by atoms with van der Waals surface area (Å²) in [6.07, 6.45) is 10.8. The van der Waals surface area contributed by atoms with Gasteiger partial charge < -0.3 is 10.2 Å². The van der Waals surface area contributed by atoms with E-state index in [0.29, 0.717) is 0 Å². The van der Waals surface area contributed by atoms with Crippen LogP contribution in [0.3, 0.4) is 0 Å². The van der Waals surface area contributed by atoms with Crippen LogP contribution in [-0.2, 0) is 0 Å². The van der Waals surface area contributed by atoms with Crippen LogP contribution in [-0.4, -0.2) is 36.6 Å². The molecule has 0 unspecified atom stereocenters. The predicted octanol–water partition coefficient (Wildman–Crippen LogP) is 2.79. The minimum Gasteiger partial charge on any atom is -0.313 e. The molecule has 102 valence electrons. The summed E-state index contributed by atoms with van der Waals surface area (Å²) in [7, 11) is 0. The molecule has 0 bridgehead atoms. The van der Waals surface area contributed by atoms with E-state index in [1.807, 2.05) is 6.92 Å². The van der Waals surface area contributed by atoms with Crippen molar-refractivity contribution in [1.82, 2.24) is 10.2 Å². The first-order chi connectivity index (χ1) is 8.90. The topological polar surface area (TPSA) is 15.3 Å². The zero-order chi connectivity index (χ0) is 12.6. The van der Waals surface area contributed by atoms with Gasteiger partial charge in [-0.2, -0.15) is 0 Å². The van der Waals surface area contributed by atoms with Crippen molar-refractivity contribution in [2.75, 3.05) is 19.6 Å². The Hall–Kier alpha value is -0.520. The van der Waals surface area contributed by atoms with E-state index in [4.69, 9.17) is 0 Å². The van der Waals surface area contributed by atoms with E-state index in [2.05, 4.69) is 22.1 Å². The third-order valence-electron chi connectivity index (χ3n) is 4.46. The second kappa shape index (κ2) is 7.81. The molecule has 0 aromatic rings. The van der Waals surface area contributed by atoms with E-state index in [1.54, 1.807) is 0 Å². The first-order valence-electron chi connectivity index (χ1n) is 7.77. The molecular weight excluding hydrogens is 220 g/mol. The lowest BCUT2D eigenvalue weighted by Crippen LogP contribution is -2.44. The lowest BCUT2D eigenvalue weighted by Gasteiger charge is -2.39. The maximum absolute atomic E-state index is 3.66. The molecule has 1 saturated carbocycles. The van der Waals surface area contributed by atoms with Gasteiger partial charge in [0.15, 0.2) is 0 Å². The van der Waals surface area contributed by atoms with Crippen molar-refractivity contribution >= 4 is 0 Å². The number of hydrogen-bond acceptors (Lipinski definition) is 2. The molecule has 0 atom stereocenters. The summed E-state index contributed by atoms with van der Waals surface area (Å²) in [6, 6.07) is 1.64. The molecule has 0 radical (unpaired) electrons. The van der Waals surface area contributed by atoms with Gasteiger partial charge in [-0.15, -0.1) is 11.8 Å². The van der Waals surface area contributed by atoms with Crippen LogP contribution in [0, 0.1) is 11.8 Å². The second-order valence-electron chi connectivity index (χ2n) is 5.73. The zero-order valence-electron chi connectivity index (χ0n) is 11.9. The second-order valence-corrected chi connectivity index (χ2v) is 5.73. The molecule has 0 aromatic carbocycles. The summed E-state index contributed by atoms with van der Waals surface area (Å²) in [5, 5.41) is 3.66. The Morgan fingerprint density at radius 1 is 1.06 bits per heavy atom. The summed E-state index contributed by atoms with van der Waals surface area (Å²) in [6.45, 7) is 5.70. The normalized spacial score (nSPS) is 29.6. The molecule has 2 fully saturated rings. The first-order valence-corrected chi connectivity index (χ1v) is 7.77. The number of nitrogens with zero attached hydrogens (tertiary/aromatic N) is 1. The number of piperidine rings is 1. The Morgan fingerprint density at radius 3 is 2.44 bits per heavy atom. The Balaban J connectivity index is 1.62. The highest BCUT2D eigenvalue weighted by molar-refractivity contribution is 4.95. The summed E-state index contributed by atoms with van der Waals surface area (Å²) >= 11 is 0. The molecule has 1 aliphatic heterocycles. The summed E-state index contributed by atoms with van der Waals surface area (Å²) in [5.74, 6) is 6.09. The predicted molar refractivity (Wildman–Crippen MR) is 77.5 cm³/mol. The molecule has 1 aliphatic carbocycles. The molecule has 2 nitrogen and oxygen atoms in total. The molecule has 1 heterocycles. The number of likely N-dealkylation sites (tertiary alicyclic amines) is 1. The Kier molecular flexibility index (Phi) is 6.04. The van der Waals surface area contributed by atoms with Gasteiger partial charge in [0, 0.05) is 25.0 Å². The molecule has 2 rings (SSSR count). The Bertz CT molecular complexity index is 275. The summed E-state index contributed by atoms with van der Waals surface area (Å²) < 4.78 is 0. The van der Waals surface area contributed by atoms with Gasteiger partial charge in [0.1, 0.15) is 0 Å². The van der Waals surface area contributed by atoms with Crippen molar-refractivity contribution in [1.29, 1.82) is 0 Å². The van der Waals surface area contributed by atoms with Gasteiger partial charge in [-0.1, -0.05) is 6.42 Å². The average molecular weight is 248 g/mol. The van der Waals surface area contributed by atoms with Gasteiger partial charge in [-0.25, -0.2) is 0 Å². The van der Waals surface area contributed by atoms with E-state index in [0.717, 1.165) is 25.0 Å². The van der Waals surface area contributed by atoms with Crippen LogP contribution in [0.15, 0.2) is 0 Å². The number of rotatable bonds is 4. The Labute approximate surface area is 113 Å². The minimum absolute atomic E-state index is 0.754. The van der Waals surface area contributed by atoms with E-state index < -0.39 is 0 Å². The molecule has 1 N–H and O–H groups in total. The molecule has 0 spiro atoms. The monoisotopic (exact) mass is 248 g/mol. The van der Waals surface area contributed by atoms with Crippen LogP contribution >= 0.6 is 0 Å². The van der Waals surface area contributed by atoms with Gasteiger partial charge in [-0.05, 0) is 58.5 Å². The first kappa shape index (κ1) is 13.9. The van der Waals surface area contributed by atoms with Crippen LogP contribution < -0.4 is 5.32 Å². The fourth-order valence-electron chi connectivity index (χ4n) is 3.39. The van der Waals surface area contributed by atoms with Crippen molar-refractivity contribution in [2.45, 2.75) is 70.4 Å². The largest absolute Gasteiger partial charge is 0.313 e. The van der Waals surface area contributed by atoms with Crippen LogP contribution in [0.25, 0.3) is 0 Å². The summed E-state index contributed by atoms with van der Waals surface area (Å²) in [5.41, 5.74) is 0. The lowest BCUT2D eigenvalue weighted by molar-refractivity contribution is 0.121. The van der Waals surface area contributed by atoms with Crippen molar-refractivity contribution < 1.29 is 0 Å². The minimum atomic E-state index is 0.754. The Morgan fingerprint density at radius 2 is 1.78 bits per heavy atom. The van der Waals surface area contributed by atoms with E-state index in [-0.39, 0.29) is 0 Å². The van der Waals surface area contributed by atoms with Crippen molar-refractivity contribution in [2.24, 2.45) is 0 Å². The molecule has 18 heavy (non-hydrogen) atoms. The summed E-state index contributed by atoms with van der Waals surface area (Å²) in [4.78, 5) is 2.75. The maximum Gasteiger partial charge on any atom is 0.0214 e. The smallest absolute Gasteiger partial charge is 0.0214 e. The lowest BCUT2D eigenvalue weighted by atomic mass is 9.89. The third-order valence-corrected chi connectivity index (χ3v) is 4.46. The van der Waals surface area contributed by atoms with Crippen molar-refractivity contribution in [3.05, 3.63) is 0 Å². The van der Waals surface area contributed by atoms with Gasteiger partial charge in [0.25, 0.3) is 0 Å². The van der Waals surface area contributed by atoms with Crippen LogP contribution in [0.5, 0.6) is 0 Å². The highest BCUT2D eigenvalue weighted by Crippen LogP contribution is 2.25. The van der Waals surface area contributed by atoms with Gasteiger partial charge in [0.05, 0.1) is 0 Å². The van der Waals surface area contributed by atoms with Crippen LogP contribution in [0.4, 0.5) is 0 Å². The molecule has 2 aliphatic rings. The maximum atomic E-state index is 3.66. The van der Waals surface area contributed by atoms with Crippen LogP contribution in [0.1, 0.15) is 58.3 Å². The zero-order valence-corrected chi connectivity index (χ0v) is 11.9. The van der Waals surface area contributed by atoms with Crippen molar-refractivity contribution in [3.63, 3.8) is 0 Å². The van der Waals surface area contributed by atoms with E-state index >= 15 is 0 Å². The van der Waals surface area contributed by atoms with Crippen LogP contribution in [0.2, 0.25) is 0 Å². The number of nitrogens with one attached hydrogen (secondary N) is 1. The third kappa shape index (κ3) is 4.30. The standard InChI is InChI=1S/C16H28N2/c1-2-3-5-12-17-15-8-10-16(11-9-15)18-13-6-4-7-14-18/h15-17H,4-14H2,1H3. The fourth-order valence-corrected chi connectivity index (χ4v) is 3.39. The SMILES string of the molecule is CC#CCCNC1CCC(N2CCCCC2)CC1. The quantitative estimate of drug-likeness (QED) is 0.608. The van der Waals surface area contributed by atoms with Gasteiger partial charge >= 0.3 is 0 Å². The molecule has 1 saturated heterocycles.